The summed E-state index contributed by atoms with van der Waals surface area (Å²) in [6.07, 6.45) is 3.70. The fourth-order valence-corrected chi connectivity index (χ4v) is 3.51. The molecule has 0 unspecified atom stereocenters. The van der Waals surface area contributed by atoms with Gasteiger partial charge in [-0.2, -0.15) is 0 Å². The molecule has 5 rings (SSSR count). The summed E-state index contributed by atoms with van der Waals surface area (Å²) in [5, 5.41) is 16.0. The number of nitrogens with one attached hydrogen (secondary N) is 1. The van der Waals surface area contributed by atoms with E-state index < -0.39 is 0 Å². The third kappa shape index (κ3) is 3.69. The lowest BCUT2D eigenvalue weighted by Gasteiger charge is -2.23. The first-order chi connectivity index (χ1) is 14.8. The molecule has 4 aromatic rings. The van der Waals surface area contributed by atoms with E-state index in [4.69, 9.17) is 13.7 Å². The Morgan fingerprint density at radius 1 is 0.933 bits per heavy atom. The minimum atomic E-state index is 0.368. The van der Waals surface area contributed by atoms with Crippen LogP contribution in [0.1, 0.15) is 18.6 Å². The third-order valence-electron chi connectivity index (χ3n) is 5.13. The molecule has 8 heteroatoms. The van der Waals surface area contributed by atoms with Crippen LogP contribution in [0.15, 0.2) is 57.6 Å². The van der Waals surface area contributed by atoms with Gasteiger partial charge in [0, 0.05) is 31.0 Å². The van der Waals surface area contributed by atoms with Crippen molar-refractivity contribution in [2.75, 3.05) is 18.5 Å². The molecule has 4 heterocycles. The minimum absolute atomic E-state index is 0.368. The molecule has 0 spiro atoms. The highest BCUT2D eigenvalue weighted by Gasteiger charge is 2.22. The molecular weight excluding hydrogens is 382 g/mol. The van der Waals surface area contributed by atoms with Gasteiger partial charge in [-0.3, -0.25) is 0 Å². The van der Waals surface area contributed by atoms with E-state index >= 15 is 0 Å². The molecule has 1 aliphatic rings. The molecular formula is C22H21N5O3. The maximum Gasteiger partial charge on any atom is 0.254 e. The van der Waals surface area contributed by atoms with Crippen molar-refractivity contribution in [2.24, 2.45) is 0 Å². The zero-order valence-electron chi connectivity index (χ0n) is 16.5. The molecule has 0 saturated carbocycles. The molecule has 0 amide bonds. The second kappa shape index (κ2) is 8.08. The standard InChI is InChI=1S/C22H21N5O3/c1-14-19(20(27-30-14)15-5-3-2-4-6-15)22-26-25-21(29-22)16-7-8-18(23-13-16)24-17-9-11-28-12-10-17/h2-8,13,17H,9-12H2,1H3,(H,23,24). The lowest BCUT2D eigenvalue weighted by Crippen LogP contribution is -2.28. The number of nitrogens with zero attached hydrogens (tertiary/aromatic N) is 4. The number of anilines is 1. The molecule has 1 N–H and O–H groups in total. The highest BCUT2D eigenvalue weighted by atomic mass is 16.5. The Bertz CT molecular complexity index is 1120. The fraction of sp³-hybridized carbons (Fsp3) is 0.273. The van der Waals surface area contributed by atoms with Crippen LogP contribution in [0, 0.1) is 6.92 Å². The van der Waals surface area contributed by atoms with Crippen molar-refractivity contribution in [1.29, 1.82) is 0 Å². The van der Waals surface area contributed by atoms with Crippen LogP contribution < -0.4 is 5.32 Å². The van der Waals surface area contributed by atoms with Crippen molar-refractivity contribution in [3.63, 3.8) is 0 Å². The second-order valence-electron chi connectivity index (χ2n) is 7.20. The molecule has 0 aliphatic carbocycles. The van der Waals surface area contributed by atoms with E-state index in [9.17, 15) is 0 Å². The normalized spacial score (nSPS) is 14.7. The topological polar surface area (TPSA) is 99.1 Å². The van der Waals surface area contributed by atoms with Gasteiger partial charge in [0.2, 0.25) is 5.89 Å². The minimum Gasteiger partial charge on any atom is -0.416 e. The van der Waals surface area contributed by atoms with E-state index in [-0.39, 0.29) is 0 Å². The van der Waals surface area contributed by atoms with Gasteiger partial charge < -0.3 is 19.0 Å². The van der Waals surface area contributed by atoms with Crippen LogP contribution in [0.3, 0.4) is 0 Å². The zero-order chi connectivity index (χ0) is 20.3. The molecule has 1 aromatic carbocycles. The van der Waals surface area contributed by atoms with Crippen molar-refractivity contribution in [2.45, 2.75) is 25.8 Å². The molecule has 0 atom stereocenters. The summed E-state index contributed by atoms with van der Waals surface area (Å²) < 4.78 is 16.7. The van der Waals surface area contributed by atoms with Gasteiger partial charge in [0.05, 0.1) is 5.56 Å². The number of pyridine rings is 1. The molecule has 1 saturated heterocycles. The van der Waals surface area contributed by atoms with Crippen molar-refractivity contribution in [3.05, 3.63) is 54.4 Å². The van der Waals surface area contributed by atoms with E-state index in [2.05, 4.69) is 25.7 Å². The Morgan fingerprint density at radius 3 is 2.50 bits per heavy atom. The lowest BCUT2D eigenvalue weighted by molar-refractivity contribution is 0.0904. The molecule has 8 nitrogen and oxygen atoms in total. The number of rotatable bonds is 5. The molecule has 152 valence electrons. The van der Waals surface area contributed by atoms with Crippen LogP contribution in [0.25, 0.3) is 34.2 Å². The number of benzene rings is 1. The predicted octanol–water partition coefficient (Wildman–Crippen LogP) is 4.35. The first kappa shape index (κ1) is 18.5. The number of aryl methyl sites for hydroxylation is 1. The SMILES string of the molecule is Cc1onc(-c2ccccc2)c1-c1nnc(-c2ccc(NC3CCOCC3)nc2)o1. The second-order valence-corrected chi connectivity index (χ2v) is 7.20. The van der Waals surface area contributed by atoms with E-state index in [1.54, 1.807) is 6.20 Å². The summed E-state index contributed by atoms with van der Waals surface area (Å²) in [6.45, 7) is 3.40. The summed E-state index contributed by atoms with van der Waals surface area (Å²) in [5.74, 6) is 2.21. The summed E-state index contributed by atoms with van der Waals surface area (Å²) in [7, 11) is 0. The van der Waals surface area contributed by atoms with Crippen LogP contribution in [0.5, 0.6) is 0 Å². The van der Waals surface area contributed by atoms with Crippen LogP contribution in [0.4, 0.5) is 5.82 Å². The van der Waals surface area contributed by atoms with Crippen molar-refractivity contribution >= 4 is 5.82 Å². The predicted molar refractivity (Wildman–Crippen MR) is 111 cm³/mol. The molecule has 1 fully saturated rings. The summed E-state index contributed by atoms with van der Waals surface area (Å²) in [4.78, 5) is 4.49. The Kier molecular flexibility index (Phi) is 4.98. The Morgan fingerprint density at radius 2 is 1.73 bits per heavy atom. The number of hydrogen-bond acceptors (Lipinski definition) is 8. The fourth-order valence-electron chi connectivity index (χ4n) is 3.51. The van der Waals surface area contributed by atoms with Gasteiger partial charge in [-0.05, 0) is 31.9 Å². The van der Waals surface area contributed by atoms with E-state index in [0.29, 0.717) is 34.8 Å². The molecule has 30 heavy (non-hydrogen) atoms. The number of aromatic nitrogens is 4. The maximum absolute atomic E-state index is 5.95. The van der Waals surface area contributed by atoms with E-state index in [1.807, 2.05) is 49.4 Å². The van der Waals surface area contributed by atoms with Crippen LogP contribution in [-0.2, 0) is 4.74 Å². The smallest absolute Gasteiger partial charge is 0.254 e. The number of hydrogen-bond donors (Lipinski definition) is 1. The zero-order valence-corrected chi connectivity index (χ0v) is 16.5. The monoisotopic (exact) mass is 403 g/mol. The van der Waals surface area contributed by atoms with Gasteiger partial charge >= 0.3 is 0 Å². The first-order valence-corrected chi connectivity index (χ1v) is 9.94. The van der Waals surface area contributed by atoms with E-state index in [0.717, 1.165) is 43.0 Å². The average molecular weight is 403 g/mol. The third-order valence-corrected chi connectivity index (χ3v) is 5.13. The molecule has 0 radical (unpaired) electrons. The molecule has 0 bridgehead atoms. The van der Waals surface area contributed by atoms with Crippen molar-refractivity contribution in [3.8, 4) is 34.2 Å². The van der Waals surface area contributed by atoms with Crippen LogP contribution in [-0.4, -0.2) is 39.6 Å². The van der Waals surface area contributed by atoms with Crippen molar-refractivity contribution in [1.82, 2.24) is 20.3 Å². The van der Waals surface area contributed by atoms with Gasteiger partial charge in [-0.15, -0.1) is 10.2 Å². The Labute approximate surface area is 173 Å². The Hall–Kier alpha value is -3.52. The summed E-state index contributed by atoms with van der Waals surface area (Å²) in [5.41, 5.74) is 3.05. The quantitative estimate of drug-likeness (QED) is 0.525. The van der Waals surface area contributed by atoms with Gasteiger partial charge in [-0.1, -0.05) is 35.5 Å². The molecule has 3 aromatic heterocycles. The lowest BCUT2D eigenvalue weighted by atomic mass is 10.1. The summed E-state index contributed by atoms with van der Waals surface area (Å²) in [6, 6.07) is 14.0. The Balaban J connectivity index is 1.38. The maximum atomic E-state index is 5.95. The van der Waals surface area contributed by atoms with Crippen LogP contribution in [0.2, 0.25) is 0 Å². The van der Waals surface area contributed by atoms with E-state index in [1.165, 1.54) is 0 Å². The van der Waals surface area contributed by atoms with Gasteiger partial charge in [-0.25, -0.2) is 4.98 Å². The average Bonchev–Trinajstić information content (AvgIpc) is 3.42. The first-order valence-electron chi connectivity index (χ1n) is 9.94. The molecule has 1 aliphatic heterocycles. The van der Waals surface area contributed by atoms with Crippen molar-refractivity contribution < 1.29 is 13.7 Å². The number of ether oxygens (including phenoxy) is 1. The highest BCUT2D eigenvalue weighted by Crippen LogP contribution is 2.34. The largest absolute Gasteiger partial charge is 0.416 e. The van der Waals surface area contributed by atoms with Gasteiger partial charge in [0.1, 0.15) is 22.8 Å². The van der Waals surface area contributed by atoms with Gasteiger partial charge in [0.15, 0.2) is 0 Å². The van der Waals surface area contributed by atoms with Gasteiger partial charge in [0.25, 0.3) is 5.89 Å². The highest BCUT2D eigenvalue weighted by molar-refractivity contribution is 5.78. The van der Waals surface area contributed by atoms with Crippen LogP contribution >= 0.6 is 0 Å². The summed E-state index contributed by atoms with van der Waals surface area (Å²) >= 11 is 0.